The van der Waals surface area contributed by atoms with Crippen LogP contribution in [0.1, 0.15) is 47.4 Å². The van der Waals surface area contributed by atoms with Crippen LogP contribution in [0, 0.1) is 0 Å². The van der Waals surface area contributed by atoms with E-state index in [-0.39, 0.29) is 59.9 Å². The van der Waals surface area contributed by atoms with Gasteiger partial charge in [-0.15, -0.1) is 11.3 Å². The molecule has 1 aliphatic heterocycles. The fourth-order valence-electron chi connectivity index (χ4n) is 4.18. The van der Waals surface area contributed by atoms with Gasteiger partial charge in [-0.3, -0.25) is 9.79 Å². The third kappa shape index (κ3) is 7.61. The number of hydrogen-bond donors (Lipinski definition) is 4. The Balaban J connectivity index is 1.38. The molecule has 0 saturated heterocycles. The number of thiazole rings is 1. The zero-order valence-corrected chi connectivity index (χ0v) is 23.3. The maximum Gasteiger partial charge on any atom is 0.526 e. The molecule has 2 aromatic carbocycles. The van der Waals surface area contributed by atoms with Gasteiger partial charge >= 0.3 is 13.1 Å². The molecule has 214 valence electrons. The molecule has 41 heavy (non-hydrogen) atoms. The lowest BCUT2D eigenvalue weighted by molar-refractivity contribution is -0.113. The van der Waals surface area contributed by atoms with Crippen molar-refractivity contribution in [2.75, 3.05) is 18.9 Å². The first-order chi connectivity index (χ1) is 19.6. The molecule has 6 N–H and O–H groups in total. The number of aliphatic imine (C=N–C) groups is 1. The standard InChI is InChI=1S/C27H30BN5O7S/c1-15(2)31-25(29)16-6-8-19(9-7-16)38-10-11-39-33-23(21-14-41-27(30)32-21)22(34)13-18-12-17-4-3-5-20(26(35)36)24(17)40-28(18)37/h3-9,14-15,18,37H,10-13H2,1-2H3,(H2,29,31)(H2,30,32)(H,35,36)/b33-23-/t18-/m1/s1. The van der Waals surface area contributed by atoms with E-state index in [9.17, 15) is 19.7 Å². The number of amidine groups is 1. The van der Waals surface area contributed by atoms with Crippen LogP contribution >= 0.6 is 11.3 Å². The van der Waals surface area contributed by atoms with Crippen molar-refractivity contribution in [3.05, 3.63) is 70.2 Å². The SMILES string of the molecule is CC(C)N=C(N)c1ccc(OCCO/N=C(\C(=O)C[C@H]2Cc3cccc(C(=O)O)c3OB2O)c2csc(N)n2)cc1. The fraction of sp³-hybridized carbons (Fsp3) is 0.296. The summed E-state index contributed by atoms with van der Waals surface area (Å²) < 4.78 is 11.2. The Morgan fingerprint density at radius 3 is 2.63 bits per heavy atom. The summed E-state index contributed by atoms with van der Waals surface area (Å²) in [6.45, 7) is 4.08. The molecular weight excluding hydrogens is 549 g/mol. The first kappa shape index (κ1) is 29.6. The zero-order valence-electron chi connectivity index (χ0n) is 22.5. The molecule has 0 aliphatic carbocycles. The number of ether oxygens (including phenoxy) is 1. The number of carbonyl (C=O) groups is 2. The highest BCUT2D eigenvalue weighted by Gasteiger charge is 2.39. The molecule has 1 aliphatic rings. The number of nitrogens with zero attached hydrogens (tertiary/aromatic N) is 3. The average molecular weight is 579 g/mol. The van der Waals surface area contributed by atoms with Crippen molar-refractivity contribution < 1.29 is 33.9 Å². The van der Waals surface area contributed by atoms with Crippen LogP contribution in [0.25, 0.3) is 0 Å². The lowest BCUT2D eigenvalue weighted by Gasteiger charge is -2.28. The molecule has 14 heteroatoms. The smallest absolute Gasteiger partial charge is 0.526 e. The lowest BCUT2D eigenvalue weighted by Crippen LogP contribution is -2.37. The number of benzene rings is 2. The van der Waals surface area contributed by atoms with Crippen LogP contribution in [-0.2, 0) is 16.1 Å². The van der Waals surface area contributed by atoms with Gasteiger partial charge in [0.1, 0.15) is 29.6 Å². The highest BCUT2D eigenvalue weighted by molar-refractivity contribution is 7.13. The number of fused-ring (bicyclic) bond motifs is 1. The molecule has 1 aromatic heterocycles. The monoisotopic (exact) mass is 579 g/mol. The normalized spacial score (nSPS) is 15.3. The molecule has 2 heterocycles. The van der Waals surface area contributed by atoms with E-state index in [0.717, 1.165) is 16.9 Å². The highest BCUT2D eigenvalue weighted by Crippen LogP contribution is 2.36. The van der Waals surface area contributed by atoms with Gasteiger partial charge in [-0.25, -0.2) is 9.78 Å². The van der Waals surface area contributed by atoms with Crippen molar-refractivity contribution in [1.82, 2.24) is 4.98 Å². The van der Waals surface area contributed by atoms with E-state index in [1.165, 1.54) is 6.07 Å². The number of carboxylic acid groups (broad SMARTS) is 1. The zero-order chi connectivity index (χ0) is 29.5. The summed E-state index contributed by atoms with van der Waals surface area (Å²) in [5.74, 6) is -1.12. The number of aromatic carboxylic acids is 1. The predicted octanol–water partition coefficient (Wildman–Crippen LogP) is 2.78. The molecule has 0 amide bonds. The van der Waals surface area contributed by atoms with E-state index in [0.29, 0.717) is 17.1 Å². The van der Waals surface area contributed by atoms with Crippen LogP contribution in [0.15, 0.2) is 58.0 Å². The van der Waals surface area contributed by atoms with E-state index in [1.54, 1.807) is 29.6 Å². The van der Waals surface area contributed by atoms with Crippen molar-refractivity contribution in [2.24, 2.45) is 15.9 Å². The first-order valence-electron chi connectivity index (χ1n) is 12.8. The number of rotatable bonds is 12. The minimum atomic E-state index is -1.39. The summed E-state index contributed by atoms with van der Waals surface area (Å²) in [4.78, 5) is 38.7. The summed E-state index contributed by atoms with van der Waals surface area (Å²) in [6.07, 6.45) is 0.0852. The lowest BCUT2D eigenvalue weighted by atomic mass is 9.64. The van der Waals surface area contributed by atoms with Crippen LogP contribution in [0.4, 0.5) is 5.13 Å². The fourth-order valence-corrected chi connectivity index (χ4v) is 4.73. The minimum Gasteiger partial charge on any atom is -0.535 e. The van der Waals surface area contributed by atoms with Gasteiger partial charge in [-0.05, 0) is 56.2 Å². The number of nitrogen functional groups attached to an aromatic ring is 1. The van der Waals surface area contributed by atoms with Crippen molar-refractivity contribution in [1.29, 1.82) is 0 Å². The summed E-state index contributed by atoms with van der Waals surface area (Å²) in [6, 6.07) is 11.9. The van der Waals surface area contributed by atoms with Gasteiger partial charge in [0.25, 0.3) is 0 Å². The molecule has 0 unspecified atom stereocenters. The van der Waals surface area contributed by atoms with Gasteiger partial charge in [0.05, 0.1) is 5.56 Å². The maximum absolute atomic E-state index is 13.3. The average Bonchev–Trinajstić information content (AvgIpc) is 3.36. The largest absolute Gasteiger partial charge is 0.535 e. The van der Waals surface area contributed by atoms with E-state index in [1.807, 2.05) is 26.0 Å². The van der Waals surface area contributed by atoms with Crippen LogP contribution in [-0.4, -0.2) is 64.8 Å². The molecule has 1 atom stereocenters. The second kappa shape index (κ2) is 13.3. The van der Waals surface area contributed by atoms with Crippen molar-refractivity contribution in [3.8, 4) is 11.5 Å². The number of oxime groups is 1. The second-order valence-electron chi connectivity index (χ2n) is 9.52. The van der Waals surface area contributed by atoms with Gasteiger partial charge in [-0.2, -0.15) is 0 Å². The molecule has 3 aromatic rings. The van der Waals surface area contributed by atoms with Gasteiger partial charge < -0.3 is 35.8 Å². The summed E-state index contributed by atoms with van der Waals surface area (Å²) in [5, 5.41) is 25.8. The summed E-state index contributed by atoms with van der Waals surface area (Å²) in [5.41, 5.74) is 13.3. The molecule has 0 radical (unpaired) electrons. The highest BCUT2D eigenvalue weighted by atomic mass is 32.1. The van der Waals surface area contributed by atoms with E-state index < -0.39 is 24.7 Å². The van der Waals surface area contributed by atoms with Gasteiger partial charge in [0.2, 0.25) is 0 Å². The number of hydrogen-bond acceptors (Lipinski definition) is 11. The van der Waals surface area contributed by atoms with Crippen LogP contribution in [0.5, 0.6) is 11.5 Å². The number of anilines is 1. The quantitative estimate of drug-likeness (QED) is 0.0815. The number of Topliss-reactive ketones (excluding diaryl/α,β-unsaturated/α-hetero) is 1. The Bertz CT molecular complexity index is 1460. The van der Waals surface area contributed by atoms with Crippen molar-refractivity contribution >= 4 is 46.9 Å². The minimum absolute atomic E-state index is 0.0373. The van der Waals surface area contributed by atoms with Crippen LogP contribution in [0.2, 0.25) is 5.82 Å². The van der Waals surface area contributed by atoms with Crippen molar-refractivity contribution in [2.45, 2.75) is 38.5 Å². The molecular formula is C27H30BN5O7S. The van der Waals surface area contributed by atoms with Gasteiger partial charge in [0.15, 0.2) is 23.2 Å². The summed E-state index contributed by atoms with van der Waals surface area (Å²) in [7, 11) is -1.39. The Morgan fingerprint density at radius 1 is 1.22 bits per heavy atom. The van der Waals surface area contributed by atoms with Gasteiger partial charge in [-0.1, -0.05) is 17.3 Å². The Kier molecular flexibility index (Phi) is 9.58. The first-order valence-corrected chi connectivity index (χ1v) is 13.7. The second-order valence-corrected chi connectivity index (χ2v) is 10.4. The number of nitrogens with two attached hydrogens (primary N) is 2. The van der Waals surface area contributed by atoms with E-state index >= 15 is 0 Å². The summed E-state index contributed by atoms with van der Waals surface area (Å²) >= 11 is 1.15. The Labute approximate surface area is 240 Å². The Morgan fingerprint density at radius 2 is 1.98 bits per heavy atom. The van der Waals surface area contributed by atoms with E-state index in [4.69, 9.17) is 25.7 Å². The van der Waals surface area contributed by atoms with Crippen LogP contribution in [0.3, 0.4) is 0 Å². The van der Waals surface area contributed by atoms with Crippen molar-refractivity contribution in [3.63, 3.8) is 0 Å². The Hall–Kier alpha value is -4.43. The number of aromatic nitrogens is 1. The van der Waals surface area contributed by atoms with E-state index in [2.05, 4.69) is 15.1 Å². The maximum atomic E-state index is 13.3. The third-order valence-corrected chi connectivity index (χ3v) is 6.75. The molecule has 0 fully saturated rings. The predicted molar refractivity (Wildman–Crippen MR) is 156 cm³/mol. The molecule has 12 nitrogen and oxygen atoms in total. The topological polar surface area (TPSA) is 192 Å². The molecule has 0 saturated carbocycles. The van der Waals surface area contributed by atoms with Gasteiger partial charge in [0, 0.05) is 29.2 Å². The molecule has 0 bridgehead atoms. The number of carbonyl (C=O) groups excluding carboxylic acids is 1. The van der Waals surface area contributed by atoms with Crippen LogP contribution < -0.4 is 20.9 Å². The number of carboxylic acids is 1. The number of para-hydroxylation sites is 1. The molecule has 0 spiro atoms. The number of ketones is 1. The third-order valence-electron chi connectivity index (χ3n) is 6.07. The molecule has 4 rings (SSSR count).